The molecule has 4 rings (SSSR count). The molecule has 0 saturated carbocycles. The second-order valence-electron chi connectivity index (χ2n) is 8.49. The molecule has 35 heavy (non-hydrogen) atoms. The maximum atomic E-state index is 13.7. The van der Waals surface area contributed by atoms with Crippen molar-refractivity contribution in [1.82, 2.24) is 0 Å². The number of benzene rings is 3. The Kier molecular flexibility index (Phi) is 6.39. The number of anilines is 2. The summed E-state index contributed by atoms with van der Waals surface area (Å²) in [6.07, 6.45) is 0. The zero-order valence-corrected chi connectivity index (χ0v) is 19.8. The van der Waals surface area contributed by atoms with Crippen molar-refractivity contribution in [2.45, 2.75) is 26.7 Å². The van der Waals surface area contributed by atoms with E-state index in [-0.39, 0.29) is 11.3 Å². The molecule has 0 bridgehead atoms. The Morgan fingerprint density at radius 2 is 1.77 bits per heavy atom. The van der Waals surface area contributed by atoms with Crippen molar-refractivity contribution < 1.29 is 23.1 Å². The maximum Gasteiger partial charge on any atom is 0.270 e. The van der Waals surface area contributed by atoms with Crippen molar-refractivity contribution in [3.8, 4) is 16.9 Å². The second-order valence-corrected chi connectivity index (χ2v) is 8.49. The van der Waals surface area contributed by atoms with E-state index in [1.807, 2.05) is 37.3 Å². The molecule has 3 aromatic carbocycles. The highest BCUT2D eigenvalue weighted by Gasteiger charge is 2.40. The predicted octanol–water partition coefficient (Wildman–Crippen LogP) is 5.76. The lowest BCUT2D eigenvalue weighted by Crippen LogP contribution is -2.36. The monoisotopic (exact) mass is 477 g/mol. The van der Waals surface area contributed by atoms with Gasteiger partial charge in [0.05, 0.1) is 18.5 Å². The molecule has 0 radical (unpaired) electrons. The minimum atomic E-state index is -3.05. The van der Waals surface area contributed by atoms with E-state index in [0.717, 1.165) is 23.6 Å². The molecule has 6 nitrogen and oxygen atoms in total. The number of methoxy groups -OCH3 is 1. The van der Waals surface area contributed by atoms with Crippen LogP contribution in [0.3, 0.4) is 0 Å². The molecule has 0 saturated heterocycles. The number of nitrogens with one attached hydrogen (secondary N) is 1. The number of aryl methyl sites for hydroxylation is 1. The first-order valence-corrected chi connectivity index (χ1v) is 11.0. The van der Waals surface area contributed by atoms with Gasteiger partial charge in [-0.1, -0.05) is 42.5 Å². The van der Waals surface area contributed by atoms with E-state index in [1.165, 1.54) is 29.3 Å². The van der Waals surface area contributed by atoms with E-state index in [9.17, 15) is 18.4 Å². The molecule has 0 aliphatic carbocycles. The molecule has 0 spiro atoms. The van der Waals surface area contributed by atoms with E-state index in [4.69, 9.17) is 4.74 Å². The second kappa shape index (κ2) is 9.29. The van der Waals surface area contributed by atoms with Crippen LogP contribution in [0.2, 0.25) is 0 Å². The lowest BCUT2D eigenvalue weighted by molar-refractivity contribution is -0.127. The Morgan fingerprint density at radius 1 is 1.06 bits per heavy atom. The molecule has 1 N–H and O–H groups in total. The van der Waals surface area contributed by atoms with Gasteiger partial charge in [0.25, 0.3) is 11.8 Å². The van der Waals surface area contributed by atoms with Crippen LogP contribution >= 0.6 is 0 Å². The van der Waals surface area contributed by atoms with E-state index in [1.54, 1.807) is 26.2 Å². The normalized spacial score (nSPS) is 15.7. The number of hydrogen-bond acceptors (Lipinski definition) is 4. The predicted molar refractivity (Wildman–Crippen MR) is 132 cm³/mol. The summed E-state index contributed by atoms with van der Waals surface area (Å²) in [5, 5.41) is 8.13. The van der Waals surface area contributed by atoms with Gasteiger partial charge in [0.1, 0.15) is 5.75 Å². The highest BCUT2D eigenvalue weighted by atomic mass is 19.3. The SMILES string of the molecule is COc1c(C)cc(N2N=C(C)C(C(=O)Nc3cccc(C(C)(F)F)c3)C2=O)cc1-c1ccccc1. The Balaban J connectivity index is 1.63. The summed E-state index contributed by atoms with van der Waals surface area (Å²) < 4.78 is 33.0. The number of amides is 2. The van der Waals surface area contributed by atoms with Crippen LogP contribution in [0.5, 0.6) is 5.75 Å². The lowest BCUT2D eigenvalue weighted by Gasteiger charge is -2.19. The van der Waals surface area contributed by atoms with Crippen molar-refractivity contribution in [3.63, 3.8) is 0 Å². The van der Waals surface area contributed by atoms with Gasteiger partial charge in [-0.15, -0.1) is 0 Å². The molecule has 8 heteroatoms. The first-order chi connectivity index (χ1) is 16.6. The van der Waals surface area contributed by atoms with E-state index in [2.05, 4.69) is 10.4 Å². The smallest absolute Gasteiger partial charge is 0.270 e. The first-order valence-electron chi connectivity index (χ1n) is 11.0. The fourth-order valence-corrected chi connectivity index (χ4v) is 4.12. The van der Waals surface area contributed by atoms with E-state index in [0.29, 0.717) is 17.1 Å². The largest absolute Gasteiger partial charge is 0.496 e. The number of hydrogen-bond donors (Lipinski definition) is 1. The molecule has 0 aromatic heterocycles. The number of rotatable bonds is 6. The number of halogens is 2. The van der Waals surface area contributed by atoms with Crippen LogP contribution < -0.4 is 15.1 Å². The van der Waals surface area contributed by atoms with Gasteiger partial charge in [0, 0.05) is 23.7 Å². The van der Waals surface area contributed by atoms with Gasteiger partial charge >= 0.3 is 0 Å². The third kappa shape index (κ3) is 4.77. The van der Waals surface area contributed by atoms with Crippen molar-refractivity contribution >= 4 is 28.9 Å². The van der Waals surface area contributed by atoms with Gasteiger partial charge in [-0.3, -0.25) is 9.59 Å². The van der Waals surface area contributed by atoms with Crippen LogP contribution in [-0.2, 0) is 15.5 Å². The van der Waals surface area contributed by atoms with Crippen LogP contribution in [-0.4, -0.2) is 24.6 Å². The van der Waals surface area contributed by atoms with Crippen LogP contribution in [0.15, 0.2) is 71.8 Å². The molecule has 1 heterocycles. The van der Waals surface area contributed by atoms with Gasteiger partial charge in [0.2, 0.25) is 5.91 Å². The van der Waals surface area contributed by atoms with Crippen LogP contribution in [0.1, 0.15) is 25.0 Å². The summed E-state index contributed by atoms with van der Waals surface area (Å²) in [4.78, 5) is 26.3. The maximum absolute atomic E-state index is 13.7. The van der Waals surface area contributed by atoms with Gasteiger partial charge in [-0.2, -0.15) is 10.1 Å². The van der Waals surface area contributed by atoms with E-state index < -0.39 is 23.7 Å². The highest BCUT2D eigenvalue weighted by molar-refractivity contribution is 6.28. The van der Waals surface area contributed by atoms with Crippen molar-refractivity contribution in [1.29, 1.82) is 0 Å². The Hall–Kier alpha value is -4.07. The average Bonchev–Trinajstić information content (AvgIpc) is 3.12. The van der Waals surface area contributed by atoms with Crippen molar-refractivity contribution in [2.24, 2.45) is 11.0 Å². The molecule has 180 valence electrons. The lowest BCUT2D eigenvalue weighted by atomic mass is 10.00. The molecular weight excluding hydrogens is 452 g/mol. The summed E-state index contributed by atoms with van der Waals surface area (Å²) in [5.74, 6) is -4.72. The van der Waals surface area contributed by atoms with E-state index >= 15 is 0 Å². The van der Waals surface area contributed by atoms with Gasteiger partial charge in [-0.05, 0) is 49.2 Å². The molecule has 3 aromatic rings. The Bertz CT molecular complexity index is 1320. The third-order valence-corrected chi connectivity index (χ3v) is 5.82. The number of carbonyl (C=O) groups excluding carboxylic acids is 2. The number of nitrogens with zero attached hydrogens (tertiary/aromatic N) is 2. The number of alkyl halides is 2. The van der Waals surface area contributed by atoms with Crippen LogP contribution in [0.25, 0.3) is 11.1 Å². The molecule has 1 atom stereocenters. The summed E-state index contributed by atoms with van der Waals surface area (Å²) in [7, 11) is 1.58. The van der Waals surface area contributed by atoms with Crippen LogP contribution in [0, 0.1) is 12.8 Å². The molecule has 2 amide bonds. The van der Waals surface area contributed by atoms with Gasteiger partial charge in [0.15, 0.2) is 5.92 Å². The third-order valence-electron chi connectivity index (χ3n) is 5.82. The van der Waals surface area contributed by atoms with Crippen molar-refractivity contribution in [3.05, 3.63) is 77.9 Å². The highest BCUT2D eigenvalue weighted by Crippen LogP contribution is 2.38. The fourth-order valence-electron chi connectivity index (χ4n) is 4.12. The van der Waals surface area contributed by atoms with Crippen molar-refractivity contribution in [2.75, 3.05) is 17.4 Å². The molecule has 1 aliphatic heterocycles. The number of ether oxygens (including phenoxy) is 1. The Morgan fingerprint density at radius 3 is 2.43 bits per heavy atom. The summed E-state index contributed by atoms with van der Waals surface area (Å²) in [5.41, 5.74) is 3.24. The molecule has 1 aliphatic rings. The molecular formula is C27H25F2N3O3. The standard InChI is InChI=1S/C27H25F2N3O3/c1-16-13-21(15-22(24(16)35-4)18-9-6-5-7-10-18)32-26(34)23(17(2)31-32)25(33)30-20-12-8-11-19(14-20)27(3,28)29/h5-15,23H,1-4H3,(H,30,33). The minimum Gasteiger partial charge on any atom is -0.496 e. The summed E-state index contributed by atoms with van der Waals surface area (Å²) >= 11 is 0. The fraction of sp³-hybridized carbons (Fsp3) is 0.222. The molecule has 0 fully saturated rings. The first kappa shape index (κ1) is 24.1. The Labute approximate surface area is 202 Å². The average molecular weight is 478 g/mol. The minimum absolute atomic E-state index is 0.180. The van der Waals surface area contributed by atoms with Gasteiger partial charge in [-0.25, -0.2) is 8.78 Å². The summed E-state index contributed by atoms with van der Waals surface area (Å²) in [6, 6.07) is 18.6. The number of carbonyl (C=O) groups is 2. The van der Waals surface area contributed by atoms with Crippen LogP contribution in [0.4, 0.5) is 20.2 Å². The zero-order chi connectivity index (χ0) is 25.3. The van der Waals surface area contributed by atoms with Gasteiger partial charge < -0.3 is 10.1 Å². The summed E-state index contributed by atoms with van der Waals surface area (Å²) in [6.45, 7) is 4.24. The topological polar surface area (TPSA) is 71.0 Å². The molecule has 1 unspecified atom stereocenters. The number of hydrazone groups is 1. The zero-order valence-electron chi connectivity index (χ0n) is 19.8. The quantitative estimate of drug-likeness (QED) is 0.459.